The largest absolute Gasteiger partial charge is 0.333 e. The molecule has 0 saturated carbocycles. The smallest absolute Gasteiger partial charge is 0.103 e. The van der Waals surface area contributed by atoms with Gasteiger partial charge in [-0.1, -0.05) is 46.8 Å². The molecule has 0 aliphatic rings. The molecule has 0 amide bonds. The topological polar surface area (TPSA) is 28.7 Å². The van der Waals surface area contributed by atoms with E-state index >= 15 is 0 Å². The maximum absolute atomic E-state index is 9.28. The van der Waals surface area contributed by atoms with E-state index in [2.05, 4.69) is 15.9 Å². The number of nitrogens with zero attached hydrogens (tertiary/aromatic N) is 2. The number of benzene rings is 1. The van der Waals surface area contributed by atoms with Crippen LogP contribution in [0.4, 0.5) is 0 Å². The molecule has 0 N–H and O–H groups in total. The van der Waals surface area contributed by atoms with Crippen molar-refractivity contribution in [2.24, 2.45) is 0 Å². The van der Waals surface area contributed by atoms with Crippen molar-refractivity contribution >= 4 is 57.4 Å². The van der Waals surface area contributed by atoms with E-state index in [1.54, 1.807) is 24.4 Å². The van der Waals surface area contributed by atoms with Gasteiger partial charge in [-0.05, 0) is 16.1 Å². The summed E-state index contributed by atoms with van der Waals surface area (Å²) in [5.41, 5.74) is 1.87. The first-order chi connectivity index (χ1) is 9.58. The Bertz CT molecular complexity index is 763. The van der Waals surface area contributed by atoms with E-state index in [4.69, 9.17) is 34.8 Å². The highest BCUT2D eigenvalue weighted by molar-refractivity contribution is 14.1. The number of hydrogen-bond donors (Lipinski definition) is 0. The lowest BCUT2D eigenvalue weighted by Crippen LogP contribution is -1.97. The van der Waals surface area contributed by atoms with Crippen molar-refractivity contribution in [3.8, 4) is 27.2 Å². The maximum Gasteiger partial charge on any atom is 0.103 e. The number of rotatable bonds is 2. The first-order valence-electron chi connectivity index (χ1n) is 5.41. The Morgan fingerprint density at radius 2 is 1.90 bits per heavy atom. The molecule has 1 heterocycles. The standard InChI is InChI=1S/C14H6Cl3IN2/c15-11-3-2-9(6-12(11)16)14-10(7-19)13(17)8-20(14)5-1-4-18/h2-3,6,8H,5H2. The van der Waals surface area contributed by atoms with Gasteiger partial charge in [0.15, 0.2) is 0 Å². The Balaban J connectivity index is 2.66. The van der Waals surface area contributed by atoms with E-state index in [0.29, 0.717) is 32.9 Å². The lowest BCUT2D eigenvalue weighted by molar-refractivity contribution is 0.859. The van der Waals surface area contributed by atoms with Gasteiger partial charge in [-0.25, -0.2) is 0 Å². The van der Waals surface area contributed by atoms with Crippen molar-refractivity contribution in [2.45, 2.75) is 6.54 Å². The second kappa shape index (κ2) is 6.74. The minimum atomic E-state index is 0.392. The van der Waals surface area contributed by atoms with Crippen LogP contribution >= 0.6 is 57.4 Å². The van der Waals surface area contributed by atoms with Crippen LogP contribution in [0.5, 0.6) is 0 Å². The van der Waals surface area contributed by atoms with Crippen LogP contribution in [-0.2, 0) is 6.54 Å². The summed E-state index contributed by atoms with van der Waals surface area (Å²) < 4.78 is 4.61. The summed E-state index contributed by atoms with van der Waals surface area (Å²) in [6, 6.07) is 7.32. The van der Waals surface area contributed by atoms with Gasteiger partial charge >= 0.3 is 0 Å². The quantitative estimate of drug-likeness (QED) is 0.460. The normalized spacial score (nSPS) is 9.75. The first kappa shape index (κ1) is 15.5. The third-order valence-electron chi connectivity index (χ3n) is 2.65. The molecule has 0 unspecified atom stereocenters. The van der Waals surface area contributed by atoms with Gasteiger partial charge in [0, 0.05) is 34.4 Å². The Kier molecular flexibility index (Phi) is 5.23. The van der Waals surface area contributed by atoms with E-state index in [-0.39, 0.29) is 0 Å². The molecular formula is C14H6Cl3IN2. The van der Waals surface area contributed by atoms with Crippen LogP contribution in [0.25, 0.3) is 11.3 Å². The molecule has 20 heavy (non-hydrogen) atoms. The van der Waals surface area contributed by atoms with Crippen LogP contribution in [0.1, 0.15) is 5.56 Å². The molecule has 0 aliphatic carbocycles. The molecule has 0 atom stereocenters. The molecular weight excluding hydrogens is 429 g/mol. The van der Waals surface area contributed by atoms with Gasteiger partial charge < -0.3 is 4.57 Å². The predicted molar refractivity (Wildman–Crippen MR) is 91.4 cm³/mol. The molecule has 0 spiro atoms. The average Bonchev–Trinajstić information content (AvgIpc) is 2.75. The minimum Gasteiger partial charge on any atom is -0.333 e. The summed E-state index contributed by atoms with van der Waals surface area (Å²) >= 11 is 20.0. The van der Waals surface area contributed by atoms with Crippen LogP contribution in [0.3, 0.4) is 0 Å². The van der Waals surface area contributed by atoms with Crippen LogP contribution in [-0.4, -0.2) is 4.57 Å². The zero-order chi connectivity index (χ0) is 14.7. The average molecular weight is 435 g/mol. The molecule has 0 bridgehead atoms. The van der Waals surface area contributed by atoms with Crippen LogP contribution in [0, 0.1) is 21.2 Å². The van der Waals surface area contributed by atoms with Gasteiger partial charge in [-0.2, -0.15) is 5.26 Å². The third-order valence-corrected chi connectivity index (χ3v) is 4.06. The molecule has 100 valence electrons. The van der Waals surface area contributed by atoms with Crippen molar-refractivity contribution in [1.82, 2.24) is 4.57 Å². The van der Waals surface area contributed by atoms with E-state index in [9.17, 15) is 5.26 Å². The monoisotopic (exact) mass is 434 g/mol. The van der Waals surface area contributed by atoms with Crippen molar-refractivity contribution in [2.75, 3.05) is 0 Å². The second-order valence-corrected chi connectivity index (χ2v) is 5.60. The third kappa shape index (κ3) is 3.07. The molecule has 6 heteroatoms. The van der Waals surface area contributed by atoms with Gasteiger partial charge in [0.1, 0.15) is 6.07 Å². The van der Waals surface area contributed by atoms with Gasteiger partial charge in [-0.15, -0.1) is 0 Å². The lowest BCUT2D eigenvalue weighted by Gasteiger charge is -2.08. The van der Waals surface area contributed by atoms with E-state index in [1.165, 1.54) is 0 Å². The van der Waals surface area contributed by atoms with Crippen LogP contribution < -0.4 is 0 Å². The summed E-state index contributed by atoms with van der Waals surface area (Å²) in [6.45, 7) is 0.444. The Morgan fingerprint density at radius 1 is 1.15 bits per heavy atom. The molecule has 2 aromatic rings. The fourth-order valence-electron chi connectivity index (χ4n) is 1.82. The maximum atomic E-state index is 9.28. The molecule has 0 saturated heterocycles. The summed E-state index contributed by atoms with van der Waals surface area (Å²) in [5, 5.41) is 10.6. The fraction of sp³-hybridized carbons (Fsp3) is 0.0714. The summed E-state index contributed by atoms with van der Waals surface area (Å²) in [7, 11) is 0. The molecule has 1 aromatic heterocycles. The molecule has 2 nitrogen and oxygen atoms in total. The highest BCUT2D eigenvalue weighted by Crippen LogP contribution is 2.34. The van der Waals surface area contributed by atoms with E-state index < -0.39 is 0 Å². The molecule has 0 fully saturated rings. The van der Waals surface area contributed by atoms with E-state index in [1.807, 2.05) is 27.2 Å². The summed E-state index contributed by atoms with van der Waals surface area (Å²) in [4.78, 5) is 0. The van der Waals surface area contributed by atoms with Gasteiger partial charge in [-0.3, -0.25) is 0 Å². The van der Waals surface area contributed by atoms with E-state index in [0.717, 1.165) is 5.56 Å². The molecule has 2 rings (SSSR count). The first-order valence-corrected chi connectivity index (χ1v) is 7.62. The number of nitriles is 1. The number of aromatic nitrogens is 1. The Labute approximate surface area is 145 Å². The summed E-state index contributed by atoms with van der Waals surface area (Å²) in [6.07, 6.45) is 1.69. The Morgan fingerprint density at radius 3 is 2.50 bits per heavy atom. The molecule has 1 aromatic carbocycles. The SMILES string of the molecule is N#Cc1c(Cl)cn(CC#CI)c1-c1ccc(Cl)c(Cl)c1. The second-order valence-electron chi connectivity index (χ2n) is 3.84. The van der Waals surface area contributed by atoms with Crippen LogP contribution in [0.2, 0.25) is 15.1 Å². The predicted octanol–water partition coefficient (Wildman–Crippen LogP) is 5.38. The number of halogens is 4. The zero-order valence-electron chi connectivity index (χ0n) is 9.92. The lowest BCUT2D eigenvalue weighted by atomic mass is 10.1. The van der Waals surface area contributed by atoms with Gasteiger partial charge in [0.2, 0.25) is 0 Å². The summed E-state index contributed by atoms with van der Waals surface area (Å²) in [5.74, 6) is 2.94. The van der Waals surface area contributed by atoms with Gasteiger partial charge in [0.25, 0.3) is 0 Å². The van der Waals surface area contributed by atoms with Crippen LogP contribution in [0.15, 0.2) is 24.4 Å². The fourth-order valence-corrected chi connectivity index (χ4v) is 2.54. The molecule has 0 radical (unpaired) electrons. The zero-order valence-corrected chi connectivity index (χ0v) is 14.3. The highest BCUT2D eigenvalue weighted by atomic mass is 127. The van der Waals surface area contributed by atoms with Crippen molar-refractivity contribution in [3.63, 3.8) is 0 Å². The highest BCUT2D eigenvalue weighted by Gasteiger charge is 2.16. The Hall–Kier alpha value is -0.850. The van der Waals surface area contributed by atoms with Crippen molar-refractivity contribution in [1.29, 1.82) is 5.26 Å². The number of hydrogen-bond acceptors (Lipinski definition) is 1. The molecule has 0 aliphatic heterocycles. The minimum absolute atomic E-state index is 0.392. The van der Waals surface area contributed by atoms with Gasteiger partial charge in [0.05, 0.1) is 32.9 Å². The van der Waals surface area contributed by atoms with Crippen molar-refractivity contribution in [3.05, 3.63) is 45.0 Å². The van der Waals surface area contributed by atoms with Crippen molar-refractivity contribution < 1.29 is 0 Å².